The van der Waals surface area contributed by atoms with Gasteiger partial charge >= 0.3 is 0 Å². The summed E-state index contributed by atoms with van der Waals surface area (Å²) in [5.74, 6) is 0.800. The van der Waals surface area contributed by atoms with Crippen molar-refractivity contribution >= 4 is 69.4 Å². The predicted molar refractivity (Wildman–Crippen MR) is 129 cm³/mol. The van der Waals surface area contributed by atoms with Gasteiger partial charge in [0.05, 0.1) is 34.8 Å². The van der Waals surface area contributed by atoms with Crippen molar-refractivity contribution in [2.45, 2.75) is 43.1 Å². The number of likely N-dealkylation sites (tertiary alicyclic amines) is 1. The van der Waals surface area contributed by atoms with Crippen molar-refractivity contribution in [3.63, 3.8) is 0 Å². The fourth-order valence-electron chi connectivity index (χ4n) is 3.89. The molecule has 1 aliphatic carbocycles. The Morgan fingerprint density at radius 1 is 1.32 bits per heavy atom. The van der Waals surface area contributed by atoms with Crippen LogP contribution in [0.15, 0.2) is 23.4 Å². The number of anilines is 3. The van der Waals surface area contributed by atoms with Crippen LogP contribution in [0.1, 0.15) is 30.2 Å². The van der Waals surface area contributed by atoms with Gasteiger partial charge in [-0.05, 0) is 50.3 Å². The summed E-state index contributed by atoms with van der Waals surface area (Å²) in [5.41, 5.74) is 7.92. The molecule has 1 aromatic carbocycles. The van der Waals surface area contributed by atoms with E-state index < -0.39 is 5.60 Å². The van der Waals surface area contributed by atoms with Crippen LogP contribution in [0, 0.1) is 0 Å². The van der Waals surface area contributed by atoms with Gasteiger partial charge in [0.15, 0.2) is 0 Å². The Morgan fingerprint density at radius 3 is 2.74 bits per heavy atom. The van der Waals surface area contributed by atoms with E-state index in [-0.39, 0.29) is 0 Å². The van der Waals surface area contributed by atoms with E-state index in [4.69, 9.17) is 22.4 Å². The van der Waals surface area contributed by atoms with Crippen LogP contribution in [0.25, 0.3) is 10.2 Å². The Labute approximate surface area is 195 Å². The Bertz CT molecular complexity index is 1130. The van der Waals surface area contributed by atoms with Crippen molar-refractivity contribution < 1.29 is 9.90 Å². The van der Waals surface area contributed by atoms with E-state index >= 15 is 0 Å². The number of carbonyl (C=O) groups is 1. The number of nitrogens with zero attached hydrogens (tertiary/aromatic N) is 3. The minimum Gasteiger partial charge on any atom is -0.398 e. The molecule has 10 heteroatoms. The molecule has 0 bridgehead atoms. The van der Waals surface area contributed by atoms with E-state index in [1.807, 2.05) is 6.07 Å². The van der Waals surface area contributed by atoms with E-state index in [2.05, 4.69) is 27.9 Å². The molecule has 1 fully saturated rings. The summed E-state index contributed by atoms with van der Waals surface area (Å²) in [6.45, 7) is 2.68. The second kappa shape index (κ2) is 8.82. The average Bonchev–Trinajstić information content (AvgIpc) is 3.10. The van der Waals surface area contributed by atoms with E-state index in [0.717, 1.165) is 41.0 Å². The molecule has 31 heavy (non-hydrogen) atoms. The number of β-amino-alcohol motifs (C(OH)–C–C–N with tert-alkyl or cyclic N) is 1. The summed E-state index contributed by atoms with van der Waals surface area (Å²) in [7, 11) is 0. The van der Waals surface area contributed by atoms with Gasteiger partial charge in [-0.25, -0.2) is 9.97 Å². The largest absolute Gasteiger partial charge is 0.398 e. The first-order chi connectivity index (χ1) is 14.8. The first kappa shape index (κ1) is 22.1. The van der Waals surface area contributed by atoms with E-state index in [0.29, 0.717) is 28.7 Å². The lowest BCUT2D eigenvalue weighted by molar-refractivity contribution is -0.138. The molecule has 3 aromatic rings. The summed E-state index contributed by atoms with van der Waals surface area (Å²) in [4.78, 5) is 23.5. The van der Waals surface area contributed by atoms with Crippen molar-refractivity contribution in [3.05, 3.63) is 33.9 Å². The molecule has 7 nitrogen and oxygen atoms in total. The summed E-state index contributed by atoms with van der Waals surface area (Å²) in [5, 5.41) is 14.0. The number of hydrogen-bond donors (Lipinski definition) is 4. The molecule has 0 unspecified atom stereocenters. The summed E-state index contributed by atoms with van der Waals surface area (Å²) >= 11 is 12.4. The molecular formula is C21H24ClN5O2S2. The monoisotopic (exact) mass is 477 g/mol. The molecule has 2 aliphatic rings. The highest BCUT2D eigenvalue weighted by atomic mass is 35.5. The van der Waals surface area contributed by atoms with Crippen molar-refractivity contribution in [2.24, 2.45) is 0 Å². The summed E-state index contributed by atoms with van der Waals surface area (Å²) < 4.78 is 0. The highest BCUT2D eigenvalue weighted by Gasteiger charge is 2.35. The topological polar surface area (TPSA) is 104 Å². The van der Waals surface area contributed by atoms with Crippen molar-refractivity contribution in [2.75, 3.05) is 24.1 Å². The maximum Gasteiger partial charge on any atom is 0.209 e. The number of carbonyl (C=O) groups excluding carboxylic acids is 1. The molecule has 164 valence electrons. The van der Waals surface area contributed by atoms with E-state index in [9.17, 15) is 4.79 Å². The van der Waals surface area contributed by atoms with Crippen LogP contribution in [0.2, 0.25) is 5.02 Å². The van der Waals surface area contributed by atoms with Crippen molar-refractivity contribution in [1.82, 2.24) is 14.9 Å². The van der Waals surface area contributed by atoms with Gasteiger partial charge in [-0.2, -0.15) is 0 Å². The zero-order valence-corrected chi connectivity index (χ0v) is 19.5. The Kier molecular flexibility index (Phi) is 6.30. The third-order valence-corrected chi connectivity index (χ3v) is 7.26. The maximum absolute atomic E-state index is 9.89. The fraction of sp³-hybridized carbons (Fsp3) is 0.381. The maximum atomic E-state index is 9.89. The van der Waals surface area contributed by atoms with Gasteiger partial charge in [0.25, 0.3) is 0 Å². The third kappa shape index (κ3) is 4.74. The highest BCUT2D eigenvalue weighted by molar-refractivity contribution is 7.80. The number of aromatic nitrogens is 2. The van der Waals surface area contributed by atoms with Gasteiger partial charge in [-0.3, -0.25) is 4.79 Å². The number of nitrogens with one attached hydrogen (secondary N) is 1. The number of amides is 1. The number of fused-ring (bicyclic) bond motifs is 3. The number of thiol groups is 1. The van der Waals surface area contributed by atoms with Gasteiger partial charge in [0, 0.05) is 15.5 Å². The second-order valence-electron chi connectivity index (χ2n) is 8.14. The molecule has 0 atom stereocenters. The molecule has 0 spiro atoms. The molecule has 3 heterocycles. The van der Waals surface area contributed by atoms with E-state index in [1.54, 1.807) is 30.7 Å². The average molecular weight is 478 g/mol. The second-order valence-corrected chi connectivity index (χ2v) is 10.1. The third-order valence-electron chi connectivity index (χ3n) is 5.36. The lowest BCUT2D eigenvalue weighted by Gasteiger charge is -2.41. The summed E-state index contributed by atoms with van der Waals surface area (Å²) in [6, 6.07) is 3.53. The number of hydrogen-bond acceptors (Lipinski definition) is 8. The van der Waals surface area contributed by atoms with Gasteiger partial charge < -0.3 is 21.1 Å². The smallest absolute Gasteiger partial charge is 0.209 e. The van der Waals surface area contributed by atoms with Crippen LogP contribution in [0.5, 0.6) is 0 Å². The molecule has 4 N–H and O–H groups in total. The number of aryl methyl sites for hydroxylation is 2. The van der Waals surface area contributed by atoms with Gasteiger partial charge in [0.2, 0.25) is 6.41 Å². The number of halogens is 1. The fourth-order valence-corrected chi connectivity index (χ4v) is 5.53. The number of nitrogen functional groups attached to an aromatic ring is 1. The normalized spacial score (nSPS) is 16.7. The SMILES string of the molecule is CC1(O)CN(C=O)C1.Nc1cc(Cl)c(Nc2ncnc3sc4c(c23)CCCC4)cc1S. The van der Waals surface area contributed by atoms with Crippen molar-refractivity contribution in [3.8, 4) is 0 Å². The standard InChI is InChI=1S/C16H15ClN4S2.C5H9NO2/c17-9-5-10(18)12(22)6-11(9)21-15-14-8-3-1-2-4-13(8)23-16(14)20-7-19-15;1-5(8)2-6(3-5)4-7/h5-7,22H,1-4,18H2,(H,19,20,21);4,8H,2-3H2,1H3. The predicted octanol–water partition coefficient (Wildman–Crippen LogP) is 4.05. The van der Waals surface area contributed by atoms with Crippen LogP contribution in [-0.2, 0) is 17.6 Å². The first-order valence-corrected chi connectivity index (χ1v) is 11.6. The number of aliphatic hydroxyl groups is 1. The zero-order chi connectivity index (χ0) is 22.2. The quantitative estimate of drug-likeness (QED) is 0.258. The van der Waals surface area contributed by atoms with Crippen LogP contribution in [-0.4, -0.2) is 45.1 Å². The van der Waals surface area contributed by atoms with Crippen LogP contribution in [0.3, 0.4) is 0 Å². The molecule has 0 saturated carbocycles. The summed E-state index contributed by atoms with van der Waals surface area (Å²) in [6.07, 6.45) is 7.04. The molecule has 1 saturated heterocycles. The van der Waals surface area contributed by atoms with Gasteiger partial charge in [-0.1, -0.05) is 11.6 Å². The Balaban J connectivity index is 0.000000245. The number of thiophene rings is 1. The molecule has 1 aliphatic heterocycles. The molecule has 0 radical (unpaired) electrons. The number of rotatable bonds is 3. The lowest BCUT2D eigenvalue weighted by atomic mass is 9.97. The van der Waals surface area contributed by atoms with Gasteiger partial charge in [0.1, 0.15) is 17.0 Å². The minimum absolute atomic E-state index is 0.483. The lowest BCUT2D eigenvalue weighted by Crippen LogP contribution is -2.58. The molecule has 5 rings (SSSR count). The molecule has 2 aromatic heterocycles. The molecule has 1 amide bonds. The van der Waals surface area contributed by atoms with Crippen LogP contribution < -0.4 is 11.1 Å². The number of benzene rings is 1. The first-order valence-electron chi connectivity index (χ1n) is 9.99. The Morgan fingerprint density at radius 2 is 2.06 bits per heavy atom. The highest BCUT2D eigenvalue weighted by Crippen LogP contribution is 2.40. The zero-order valence-electron chi connectivity index (χ0n) is 17.1. The van der Waals surface area contributed by atoms with Crippen LogP contribution >= 0.6 is 35.6 Å². The van der Waals surface area contributed by atoms with Gasteiger partial charge in [-0.15, -0.1) is 24.0 Å². The number of nitrogens with two attached hydrogens (primary N) is 1. The molecular weight excluding hydrogens is 454 g/mol. The van der Waals surface area contributed by atoms with Crippen molar-refractivity contribution in [1.29, 1.82) is 0 Å². The minimum atomic E-state index is -0.610. The Hall–Kier alpha value is -2.07. The van der Waals surface area contributed by atoms with Crippen LogP contribution in [0.4, 0.5) is 17.2 Å². The van der Waals surface area contributed by atoms with E-state index in [1.165, 1.54) is 28.2 Å².